The van der Waals surface area contributed by atoms with Gasteiger partial charge in [-0.3, -0.25) is 0 Å². The fourth-order valence-corrected chi connectivity index (χ4v) is 11.5. The Morgan fingerprint density at radius 1 is 0.318 bits per heavy atom. The summed E-state index contributed by atoms with van der Waals surface area (Å²) in [6.45, 7) is 0. The number of nitrogens with zero attached hydrogens (tertiary/aromatic N) is 2. The quantitative estimate of drug-likeness (QED) is 0.148. The summed E-state index contributed by atoms with van der Waals surface area (Å²) in [4.78, 5) is 0. The molecule has 0 amide bonds. The lowest BCUT2D eigenvalue weighted by Gasteiger charge is -2.22. The number of hydrogen-bond donors (Lipinski definition) is 0. The molecule has 0 N–H and O–H groups in total. The zero-order chi connectivity index (χ0) is 43.3. The Hall–Kier alpha value is -8.46. The summed E-state index contributed by atoms with van der Waals surface area (Å²) >= 11 is 0. The summed E-state index contributed by atoms with van der Waals surface area (Å²) in [6, 6.07) is 83.3. The second-order valence-electron chi connectivity index (χ2n) is 17.9. The molecule has 0 aliphatic heterocycles. The standard InChI is InChI=1S/C64H42N2/c1-5-19-43(20-6-1)59-55-39-49-31-36-54-58-50(32-35-53(57(49)58)63(55)65(61(59)45-23-9-3-10-24-45)51-33-29-41-17-13-15-27-47(41)37-51)40-56-60(44-21-7-2-8-22-44)62(46-25-11-4-12-26-46)66(64(54)56)52-34-30-42-18-14-16-28-48(42)38-52/h1-29,31-33,35-40H,30,34H2. The number of aryl methyl sites for hydroxylation is 1. The van der Waals surface area contributed by atoms with Gasteiger partial charge < -0.3 is 9.13 Å². The topological polar surface area (TPSA) is 9.86 Å². The van der Waals surface area contributed by atoms with Crippen LogP contribution in [0.4, 0.5) is 0 Å². The summed E-state index contributed by atoms with van der Waals surface area (Å²) in [5.41, 5.74) is 17.5. The highest BCUT2D eigenvalue weighted by atomic mass is 15.0. The monoisotopic (exact) mass is 838 g/mol. The number of aromatic nitrogens is 2. The molecule has 308 valence electrons. The molecule has 2 heterocycles. The lowest BCUT2D eigenvalue weighted by atomic mass is 9.89. The van der Waals surface area contributed by atoms with Gasteiger partial charge in [0, 0.05) is 44.1 Å². The number of hydrogen-bond acceptors (Lipinski definition) is 0. The van der Waals surface area contributed by atoms with Gasteiger partial charge in [-0.25, -0.2) is 0 Å². The van der Waals surface area contributed by atoms with Crippen LogP contribution >= 0.6 is 0 Å². The van der Waals surface area contributed by atoms with Gasteiger partial charge in [0.15, 0.2) is 0 Å². The zero-order valence-electron chi connectivity index (χ0n) is 36.2. The van der Waals surface area contributed by atoms with Crippen LogP contribution < -0.4 is 0 Å². The molecule has 11 aromatic carbocycles. The Bertz CT molecular complexity index is 4060. The van der Waals surface area contributed by atoms with E-state index in [4.69, 9.17) is 0 Å². The first-order valence-corrected chi connectivity index (χ1v) is 23.1. The lowest BCUT2D eigenvalue weighted by Crippen LogP contribution is -2.06. The number of allylic oxidation sites excluding steroid dienone is 1. The molecule has 0 fully saturated rings. The van der Waals surface area contributed by atoms with E-state index in [2.05, 4.69) is 240 Å². The van der Waals surface area contributed by atoms with Crippen molar-refractivity contribution in [2.75, 3.05) is 0 Å². The van der Waals surface area contributed by atoms with Crippen molar-refractivity contribution in [2.45, 2.75) is 12.8 Å². The first-order chi connectivity index (χ1) is 32.8. The van der Waals surface area contributed by atoms with Gasteiger partial charge in [0.2, 0.25) is 0 Å². The minimum absolute atomic E-state index is 0.946. The zero-order valence-corrected chi connectivity index (χ0v) is 36.2. The summed E-state index contributed by atoms with van der Waals surface area (Å²) < 4.78 is 5.21. The van der Waals surface area contributed by atoms with Crippen molar-refractivity contribution in [1.82, 2.24) is 9.13 Å². The molecular weight excluding hydrogens is 797 g/mol. The van der Waals surface area contributed by atoms with Crippen molar-refractivity contribution in [3.05, 3.63) is 236 Å². The maximum atomic E-state index is 2.64. The van der Waals surface area contributed by atoms with Crippen molar-refractivity contribution >= 4 is 76.7 Å². The van der Waals surface area contributed by atoms with Crippen LogP contribution in [0.3, 0.4) is 0 Å². The Balaban J connectivity index is 1.17. The van der Waals surface area contributed by atoms with E-state index in [9.17, 15) is 0 Å². The van der Waals surface area contributed by atoms with E-state index in [1.165, 1.54) is 126 Å². The molecular formula is C64H42N2. The van der Waals surface area contributed by atoms with Gasteiger partial charge in [0.1, 0.15) is 0 Å². The van der Waals surface area contributed by atoms with Crippen LogP contribution in [0.25, 0.3) is 127 Å². The Morgan fingerprint density at radius 3 is 1.38 bits per heavy atom. The van der Waals surface area contributed by atoms with Gasteiger partial charge >= 0.3 is 0 Å². The summed E-state index contributed by atoms with van der Waals surface area (Å²) in [5, 5.41) is 12.6. The second kappa shape index (κ2) is 14.5. The molecule has 1 aliphatic carbocycles. The third-order valence-electron chi connectivity index (χ3n) is 14.3. The van der Waals surface area contributed by atoms with Crippen molar-refractivity contribution in [3.63, 3.8) is 0 Å². The summed E-state index contributed by atoms with van der Waals surface area (Å²) in [7, 11) is 0. The highest BCUT2D eigenvalue weighted by molar-refractivity contribution is 6.35. The highest BCUT2D eigenvalue weighted by Crippen LogP contribution is 2.52. The van der Waals surface area contributed by atoms with Crippen LogP contribution in [0.2, 0.25) is 0 Å². The molecule has 14 rings (SSSR count). The molecule has 2 aromatic heterocycles. The molecule has 13 aromatic rings. The van der Waals surface area contributed by atoms with Crippen LogP contribution in [-0.4, -0.2) is 9.13 Å². The largest absolute Gasteiger partial charge is 0.312 e. The summed E-state index contributed by atoms with van der Waals surface area (Å²) in [6.07, 6.45) is 4.40. The molecule has 0 unspecified atom stereocenters. The number of fused-ring (bicyclic) bond motifs is 6. The van der Waals surface area contributed by atoms with Crippen LogP contribution in [0.15, 0.2) is 224 Å². The van der Waals surface area contributed by atoms with Gasteiger partial charge in [-0.15, -0.1) is 0 Å². The first-order valence-electron chi connectivity index (χ1n) is 23.1. The fourth-order valence-electron chi connectivity index (χ4n) is 11.5. The molecule has 0 atom stereocenters. The van der Waals surface area contributed by atoms with E-state index in [-0.39, 0.29) is 0 Å². The van der Waals surface area contributed by atoms with Gasteiger partial charge in [0.05, 0.1) is 22.4 Å². The van der Waals surface area contributed by atoms with E-state index in [1.807, 2.05) is 0 Å². The lowest BCUT2D eigenvalue weighted by molar-refractivity contribution is 0.939. The smallest absolute Gasteiger partial charge is 0.0620 e. The minimum Gasteiger partial charge on any atom is -0.312 e. The first kappa shape index (κ1) is 37.0. The molecule has 2 nitrogen and oxygen atoms in total. The van der Waals surface area contributed by atoms with Crippen molar-refractivity contribution in [2.24, 2.45) is 0 Å². The van der Waals surface area contributed by atoms with Crippen LogP contribution in [0.5, 0.6) is 0 Å². The van der Waals surface area contributed by atoms with Crippen LogP contribution in [-0.2, 0) is 6.42 Å². The van der Waals surface area contributed by atoms with E-state index in [1.54, 1.807) is 0 Å². The van der Waals surface area contributed by atoms with E-state index in [0.29, 0.717) is 0 Å². The maximum absolute atomic E-state index is 2.64. The third-order valence-corrected chi connectivity index (χ3v) is 14.3. The second-order valence-corrected chi connectivity index (χ2v) is 17.9. The third kappa shape index (κ3) is 5.49. The van der Waals surface area contributed by atoms with E-state index < -0.39 is 0 Å². The SMILES string of the molecule is C1=C(n2c(-c3ccccc3)c(-c3ccccc3)c3cc4ccc5c6c(ccc(c46)c32)cc2c(-c3ccccc3)c(-c3ccccc3)n(-c3ccc4ccccc4c3)c25)CCc2ccccc21. The maximum Gasteiger partial charge on any atom is 0.0620 e. The number of benzene rings is 11. The van der Waals surface area contributed by atoms with Crippen LogP contribution in [0, 0.1) is 0 Å². The molecule has 0 radical (unpaired) electrons. The van der Waals surface area contributed by atoms with E-state index >= 15 is 0 Å². The van der Waals surface area contributed by atoms with Gasteiger partial charge in [0.25, 0.3) is 0 Å². The van der Waals surface area contributed by atoms with Gasteiger partial charge in [-0.2, -0.15) is 0 Å². The molecule has 0 saturated heterocycles. The normalized spacial score (nSPS) is 12.8. The Kier molecular flexibility index (Phi) is 8.14. The van der Waals surface area contributed by atoms with Crippen molar-refractivity contribution < 1.29 is 0 Å². The average Bonchev–Trinajstić information content (AvgIpc) is 3.92. The van der Waals surface area contributed by atoms with Crippen LogP contribution in [0.1, 0.15) is 17.5 Å². The Labute approximate surface area is 382 Å². The molecule has 1 aliphatic rings. The molecule has 0 saturated carbocycles. The van der Waals surface area contributed by atoms with Crippen molar-refractivity contribution in [1.29, 1.82) is 0 Å². The molecule has 2 heteroatoms. The highest BCUT2D eigenvalue weighted by Gasteiger charge is 2.29. The van der Waals surface area contributed by atoms with Gasteiger partial charge in [-0.1, -0.05) is 200 Å². The summed E-state index contributed by atoms with van der Waals surface area (Å²) in [5.74, 6) is 0. The van der Waals surface area contributed by atoms with E-state index in [0.717, 1.165) is 18.5 Å². The predicted molar refractivity (Wildman–Crippen MR) is 281 cm³/mol. The fraction of sp³-hybridized carbons (Fsp3) is 0.0312. The molecule has 0 spiro atoms. The van der Waals surface area contributed by atoms with Gasteiger partial charge in [-0.05, 0) is 109 Å². The predicted octanol–water partition coefficient (Wildman–Crippen LogP) is 17.2. The average molecular weight is 839 g/mol. The Morgan fingerprint density at radius 2 is 0.788 bits per heavy atom. The van der Waals surface area contributed by atoms with Crippen molar-refractivity contribution in [3.8, 4) is 50.5 Å². The number of rotatable bonds is 6. The molecule has 0 bridgehead atoms. The minimum atomic E-state index is 0.946. The molecule has 66 heavy (non-hydrogen) atoms.